The molecule has 2 aromatic carbocycles. The van der Waals surface area contributed by atoms with Gasteiger partial charge in [-0.25, -0.2) is 0 Å². The predicted octanol–water partition coefficient (Wildman–Crippen LogP) is 2.81. The molecule has 0 bridgehead atoms. The number of hydrogen-bond donors (Lipinski definition) is 1. The average molecular weight is 359 g/mol. The second-order valence-electron chi connectivity index (χ2n) is 7.54. The van der Waals surface area contributed by atoms with Crippen molar-refractivity contribution < 1.29 is 9.59 Å². The van der Waals surface area contributed by atoms with E-state index in [0.29, 0.717) is 13.1 Å². The van der Waals surface area contributed by atoms with Gasteiger partial charge in [-0.3, -0.25) is 9.59 Å². The van der Waals surface area contributed by atoms with E-state index in [1.807, 2.05) is 55.5 Å². The number of nitrogens with one attached hydrogen (secondary N) is 1. The van der Waals surface area contributed by atoms with Crippen LogP contribution >= 0.6 is 0 Å². The summed E-state index contributed by atoms with van der Waals surface area (Å²) in [6.45, 7) is 3.05. The molecule has 1 N–H and O–H groups in total. The molecular weight excluding hydrogens is 338 g/mol. The van der Waals surface area contributed by atoms with Gasteiger partial charge in [0.1, 0.15) is 6.54 Å². The van der Waals surface area contributed by atoms with Gasteiger partial charge < -0.3 is 14.8 Å². The smallest absolute Gasteiger partial charge is 0.255 e. The summed E-state index contributed by atoms with van der Waals surface area (Å²) in [5, 5.41) is 1.15. The van der Waals surface area contributed by atoms with Gasteiger partial charge >= 0.3 is 0 Å². The molecule has 0 aliphatic carbocycles. The van der Waals surface area contributed by atoms with Crippen molar-refractivity contribution in [2.45, 2.75) is 25.4 Å². The molecule has 2 aliphatic rings. The number of aromatic amines is 1. The van der Waals surface area contributed by atoms with Crippen molar-refractivity contribution in [1.29, 1.82) is 0 Å². The van der Waals surface area contributed by atoms with E-state index < -0.39 is 5.54 Å². The second-order valence-corrected chi connectivity index (χ2v) is 7.54. The summed E-state index contributed by atoms with van der Waals surface area (Å²) in [6, 6.07) is 17.9. The van der Waals surface area contributed by atoms with Crippen molar-refractivity contribution in [2.24, 2.45) is 0 Å². The summed E-state index contributed by atoms with van der Waals surface area (Å²) in [5.74, 6) is -0.00389. The average Bonchev–Trinajstić information content (AvgIpc) is 3.07. The minimum atomic E-state index is -0.975. The Labute approximate surface area is 157 Å². The zero-order valence-corrected chi connectivity index (χ0v) is 15.2. The third-order valence-corrected chi connectivity index (χ3v) is 5.97. The maximum Gasteiger partial charge on any atom is 0.255 e. The maximum atomic E-state index is 13.6. The Bertz CT molecular complexity index is 1060. The van der Waals surface area contributed by atoms with E-state index >= 15 is 0 Å². The molecule has 0 saturated carbocycles. The highest BCUT2D eigenvalue weighted by atomic mass is 16.2. The molecular formula is C22H21N3O2. The van der Waals surface area contributed by atoms with Crippen molar-refractivity contribution in [1.82, 2.24) is 14.8 Å². The summed E-state index contributed by atoms with van der Waals surface area (Å²) >= 11 is 0. The zero-order valence-electron chi connectivity index (χ0n) is 15.2. The SMILES string of the molecule is CC12C(=O)N(Cc3ccccc3)CC(=O)N1CCc1c2[nH]c2ccccc12. The quantitative estimate of drug-likeness (QED) is 0.765. The van der Waals surface area contributed by atoms with Gasteiger partial charge in [0.15, 0.2) is 5.54 Å². The topological polar surface area (TPSA) is 56.4 Å². The fourth-order valence-corrected chi connectivity index (χ4v) is 4.61. The van der Waals surface area contributed by atoms with Crippen LogP contribution in [-0.2, 0) is 28.1 Å². The lowest BCUT2D eigenvalue weighted by atomic mass is 9.83. The Balaban J connectivity index is 1.61. The number of benzene rings is 2. The molecule has 2 aliphatic heterocycles. The minimum Gasteiger partial charge on any atom is -0.356 e. The van der Waals surface area contributed by atoms with E-state index in [9.17, 15) is 9.59 Å². The Morgan fingerprint density at radius 3 is 2.59 bits per heavy atom. The monoisotopic (exact) mass is 359 g/mol. The molecule has 1 fully saturated rings. The third-order valence-electron chi connectivity index (χ3n) is 5.97. The van der Waals surface area contributed by atoms with E-state index in [4.69, 9.17) is 0 Å². The number of rotatable bonds is 2. The van der Waals surface area contributed by atoms with Crippen LogP contribution in [0.15, 0.2) is 54.6 Å². The Morgan fingerprint density at radius 1 is 1.04 bits per heavy atom. The predicted molar refractivity (Wildman–Crippen MR) is 103 cm³/mol. The molecule has 3 aromatic rings. The Morgan fingerprint density at radius 2 is 1.78 bits per heavy atom. The molecule has 0 radical (unpaired) electrons. The van der Waals surface area contributed by atoms with Crippen LogP contribution in [0, 0.1) is 0 Å². The number of piperazine rings is 1. The number of amides is 2. The van der Waals surface area contributed by atoms with Crippen LogP contribution in [0.2, 0.25) is 0 Å². The van der Waals surface area contributed by atoms with Crippen LogP contribution in [0.25, 0.3) is 10.9 Å². The van der Waals surface area contributed by atoms with Crippen molar-refractivity contribution >= 4 is 22.7 Å². The molecule has 136 valence electrons. The highest BCUT2D eigenvalue weighted by Crippen LogP contribution is 2.42. The standard InChI is InChI=1S/C22H21N3O2/c1-22-20-17(16-9-5-6-10-18(16)23-20)11-12-25(22)19(26)14-24(21(22)27)13-15-7-3-2-4-8-15/h2-10,23H,11-14H2,1H3. The largest absolute Gasteiger partial charge is 0.356 e. The van der Waals surface area contributed by atoms with Crippen molar-refractivity contribution in [3.63, 3.8) is 0 Å². The number of carbonyl (C=O) groups excluding carboxylic acids is 2. The molecule has 3 heterocycles. The number of hydrogen-bond acceptors (Lipinski definition) is 2. The van der Waals surface area contributed by atoms with E-state index in [1.54, 1.807) is 9.80 Å². The van der Waals surface area contributed by atoms with Crippen LogP contribution in [0.1, 0.15) is 23.7 Å². The molecule has 1 atom stereocenters. The van der Waals surface area contributed by atoms with Gasteiger partial charge in [-0.2, -0.15) is 0 Å². The van der Waals surface area contributed by atoms with Crippen molar-refractivity contribution in [3.05, 3.63) is 71.4 Å². The van der Waals surface area contributed by atoms with Gasteiger partial charge in [0.25, 0.3) is 5.91 Å². The summed E-state index contributed by atoms with van der Waals surface area (Å²) in [7, 11) is 0. The van der Waals surface area contributed by atoms with Crippen LogP contribution in [-0.4, -0.2) is 39.7 Å². The first kappa shape index (κ1) is 16.1. The molecule has 5 nitrogen and oxygen atoms in total. The molecule has 27 heavy (non-hydrogen) atoms. The molecule has 1 aromatic heterocycles. The molecule has 0 spiro atoms. The number of fused-ring (bicyclic) bond motifs is 5. The van der Waals surface area contributed by atoms with E-state index in [2.05, 4.69) is 11.1 Å². The number of aromatic nitrogens is 1. The lowest BCUT2D eigenvalue weighted by Crippen LogP contribution is -2.66. The summed E-state index contributed by atoms with van der Waals surface area (Å²) in [5.41, 5.74) is 3.10. The number of para-hydroxylation sites is 1. The molecule has 1 unspecified atom stereocenters. The molecule has 5 heteroatoms. The normalized spacial score (nSPS) is 22.1. The molecule has 2 amide bonds. The first-order valence-corrected chi connectivity index (χ1v) is 9.33. The fraction of sp³-hybridized carbons (Fsp3) is 0.273. The van der Waals surface area contributed by atoms with Gasteiger partial charge in [0, 0.05) is 24.0 Å². The van der Waals surface area contributed by atoms with Crippen LogP contribution in [0.3, 0.4) is 0 Å². The van der Waals surface area contributed by atoms with Gasteiger partial charge in [-0.15, -0.1) is 0 Å². The first-order valence-electron chi connectivity index (χ1n) is 9.33. The van der Waals surface area contributed by atoms with Gasteiger partial charge in [0.2, 0.25) is 5.91 Å². The number of nitrogens with zero attached hydrogens (tertiary/aromatic N) is 2. The fourth-order valence-electron chi connectivity index (χ4n) is 4.61. The summed E-state index contributed by atoms with van der Waals surface area (Å²) in [4.78, 5) is 33.4. The highest BCUT2D eigenvalue weighted by molar-refractivity contribution is 6.00. The van der Waals surface area contributed by atoms with Gasteiger partial charge in [0.05, 0.1) is 5.69 Å². The minimum absolute atomic E-state index is 0.0114. The molecule has 1 saturated heterocycles. The Kier molecular flexibility index (Phi) is 3.41. The number of H-pyrrole nitrogens is 1. The van der Waals surface area contributed by atoms with Crippen LogP contribution in [0.5, 0.6) is 0 Å². The van der Waals surface area contributed by atoms with E-state index in [-0.39, 0.29) is 18.4 Å². The summed E-state index contributed by atoms with van der Waals surface area (Å²) in [6.07, 6.45) is 0.770. The van der Waals surface area contributed by atoms with Crippen molar-refractivity contribution in [3.8, 4) is 0 Å². The van der Waals surface area contributed by atoms with Crippen molar-refractivity contribution in [2.75, 3.05) is 13.1 Å². The number of carbonyl (C=O) groups is 2. The van der Waals surface area contributed by atoms with E-state index in [1.165, 1.54) is 0 Å². The van der Waals surface area contributed by atoms with E-state index in [0.717, 1.165) is 34.1 Å². The Hall–Kier alpha value is -3.08. The van der Waals surface area contributed by atoms with Crippen LogP contribution in [0.4, 0.5) is 0 Å². The van der Waals surface area contributed by atoms with Gasteiger partial charge in [-0.1, -0.05) is 48.5 Å². The zero-order chi connectivity index (χ0) is 18.6. The third kappa shape index (κ3) is 2.24. The maximum absolute atomic E-state index is 13.6. The summed E-state index contributed by atoms with van der Waals surface area (Å²) < 4.78 is 0. The molecule has 5 rings (SSSR count). The first-order chi connectivity index (χ1) is 13.1. The van der Waals surface area contributed by atoms with Gasteiger partial charge in [-0.05, 0) is 30.5 Å². The second kappa shape index (κ2) is 5.71. The lowest BCUT2D eigenvalue weighted by Gasteiger charge is -2.49. The van der Waals surface area contributed by atoms with Crippen LogP contribution < -0.4 is 0 Å². The lowest BCUT2D eigenvalue weighted by molar-refractivity contribution is -0.166. The highest BCUT2D eigenvalue weighted by Gasteiger charge is 2.53.